The number of Topliss-reactive ketones (excluding diaryl/α,β-unsaturated/α-hetero) is 2. The van der Waals surface area contributed by atoms with Crippen molar-refractivity contribution in [3.05, 3.63) is 68.4 Å². The Labute approximate surface area is 200 Å². The van der Waals surface area contributed by atoms with Gasteiger partial charge in [-0.1, -0.05) is 29.3 Å². The predicted molar refractivity (Wildman–Crippen MR) is 132 cm³/mol. The Bertz CT molecular complexity index is 1480. The first kappa shape index (κ1) is 23.2. The van der Waals surface area contributed by atoms with Gasteiger partial charge < -0.3 is 9.30 Å². The quantitative estimate of drug-likeness (QED) is 0.267. The van der Waals surface area contributed by atoms with Crippen molar-refractivity contribution in [1.29, 1.82) is 0 Å². The molecule has 6 nitrogen and oxygen atoms in total. The van der Waals surface area contributed by atoms with E-state index in [9.17, 15) is 14.4 Å². The van der Waals surface area contributed by atoms with Crippen molar-refractivity contribution in [3.63, 3.8) is 0 Å². The summed E-state index contributed by atoms with van der Waals surface area (Å²) in [6, 6.07) is 12.1. The third-order valence-electron chi connectivity index (χ3n) is 5.72. The maximum Gasteiger partial charge on any atom is 0.259 e. The van der Waals surface area contributed by atoms with Gasteiger partial charge >= 0.3 is 0 Å². The highest BCUT2D eigenvalue weighted by molar-refractivity contribution is 6.36. The van der Waals surface area contributed by atoms with Gasteiger partial charge in [0.05, 0.1) is 17.0 Å². The van der Waals surface area contributed by atoms with Crippen molar-refractivity contribution in [3.8, 4) is 11.1 Å². The topological polar surface area (TPSA) is 70.3 Å². The molecule has 0 N–H and O–H groups in total. The smallest absolute Gasteiger partial charge is 0.259 e. The van der Waals surface area contributed by atoms with Crippen LogP contribution in [-0.4, -0.2) is 33.9 Å². The van der Waals surface area contributed by atoms with Crippen LogP contribution in [0.15, 0.2) is 47.3 Å². The summed E-state index contributed by atoms with van der Waals surface area (Å²) in [5.41, 5.74) is 2.81. The van der Waals surface area contributed by atoms with Crippen molar-refractivity contribution in [2.75, 3.05) is 13.2 Å². The van der Waals surface area contributed by atoms with Gasteiger partial charge in [0.1, 0.15) is 12.3 Å². The Morgan fingerprint density at radius 3 is 2.39 bits per heavy atom. The van der Waals surface area contributed by atoms with Crippen LogP contribution in [-0.2, 0) is 23.6 Å². The summed E-state index contributed by atoms with van der Waals surface area (Å²) in [7, 11) is 3.57. The fourth-order valence-electron chi connectivity index (χ4n) is 4.11. The molecule has 2 heterocycles. The van der Waals surface area contributed by atoms with Gasteiger partial charge in [0.25, 0.3) is 5.56 Å². The molecule has 4 aromatic rings. The summed E-state index contributed by atoms with van der Waals surface area (Å²) in [6.07, 6.45) is -0.222. The standard InChI is InChI=1S/C25H22Cl2N2O4/c1-4-33-13-16(30)11-23(31)14-5-8-22-18(9-14)19-12-20(17-7-6-15(26)10-21(17)27)25(32)29(3)24(19)28(22)2/h5-10,12H,4,11,13H2,1-3H3. The molecule has 0 amide bonds. The summed E-state index contributed by atoms with van der Waals surface area (Å²) >= 11 is 12.4. The lowest BCUT2D eigenvalue weighted by Crippen LogP contribution is -2.20. The van der Waals surface area contributed by atoms with Crippen LogP contribution in [0.5, 0.6) is 0 Å². The van der Waals surface area contributed by atoms with E-state index in [-0.39, 0.29) is 30.2 Å². The number of hydrogen-bond acceptors (Lipinski definition) is 4. The van der Waals surface area contributed by atoms with Crippen LogP contribution in [0, 0.1) is 0 Å². The number of fused-ring (bicyclic) bond motifs is 3. The second-order valence-corrected chi connectivity index (χ2v) is 8.69. The third kappa shape index (κ3) is 4.22. The summed E-state index contributed by atoms with van der Waals surface area (Å²) < 4.78 is 8.59. The highest BCUT2D eigenvalue weighted by Gasteiger charge is 2.19. The van der Waals surface area contributed by atoms with Crippen molar-refractivity contribution < 1.29 is 14.3 Å². The first-order valence-corrected chi connectivity index (χ1v) is 11.2. The molecule has 0 saturated carbocycles. The summed E-state index contributed by atoms with van der Waals surface area (Å²) in [5, 5.41) is 2.46. The SMILES string of the molecule is CCOCC(=O)CC(=O)c1ccc2c(c1)c1cc(-c3ccc(Cl)cc3Cl)c(=O)n(C)c1n2C. The summed E-state index contributed by atoms with van der Waals surface area (Å²) in [5.74, 6) is -0.536. The van der Waals surface area contributed by atoms with Crippen LogP contribution in [0.2, 0.25) is 10.0 Å². The molecule has 0 fully saturated rings. The van der Waals surface area contributed by atoms with E-state index in [0.717, 1.165) is 16.3 Å². The highest BCUT2D eigenvalue weighted by Crippen LogP contribution is 2.34. The molecule has 0 unspecified atom stereocenters. The molecule has 0 aliphatic rings. The first-order chi connectivity index (χ1) is 15.7. The predicted octanol–water partition coefficient (Wildman–Crippen LogP) is 5.18. The number of carbonyl (C=O) groups excluding carboxylic acids is 2. The Balaban J connectivity index is 1.88. The second-order valence-electron chi connectivity index (χ2n) is 7.85. The number of ether oxygens (including phenoxy) is 1. The van der Waals surface area contributed by atoms with Crippen molar-refractivity contribution in [2.45, 2.75) is 13.3 Å². The maximum absolute atomic E-state index is 13.2. The van der Waals surface area contributed by atoms with Crippen LogP contribution < -0.4 is 5.56 Å². The van der Waals surface area contributed by atoms with E-state index in [1.807, 2.05) is 17.7 Å². The number of ketones is 2. The minimum atomic E-state index is -0.274. The van der Waals surface area contributed by atoms with Gasteiger partial charge in [0.2, 0.25) is 0 Å². The molecular formula is C25H22Cl2N2O4. The third-order valence-corrected chi connectivity index (χ3v) is 6.26. The molecule has 0 saturated heterocycles. The molecule has 8 heteroatoms. The lowest BCUT2D eigenvalue weighted by Gasteiger charge is -2.09. The molecule has 2 aromatic heterocycles. The van der Waals surface area contributed by atoms with E-state index in [2.05, 4.69) is 0 Å². The van der Waals surface area contributed by atoms with Gasteiger partial charge in [-0.25, -0.2) is 0 Å². The minimum absolute atomic E-state index is 0.0773. The second kappa shape index (κ2) is 9.14. The van der Waals surface area contributed by atoms with Gasteiger partial charge in [0.15, 0.2) is 11.6 Å². The van der Waals surface area contributed by atoms with Gasteiger partial charge in [-0.15, -0.1) is 0 Å². The number of halogens is 2. The van der Waals surface area contributed by atoms with Crippen LogP contribution in [0.1, 0.15) is 23.7 Å². The molecule has 0 spiro atoms. The fraction of sp³-hybridized carbons (Fsp3) is 0.240. The van der Waals surface area contributed by atoms with Crippen LogP contribution in [0.4, 0.5) is 0 Å². The molecule has 0 atom stereocenters. The lowest BCUT2D eigenvalue weighted by atomic mass is 10.0. The maximum atomic E-state index is 13.2. The Morgan fingerprint density at radius 1 is 0.939 bits per heavy atom. The van der Waals surface area contributed by atoms with E-state index in [0.29, 0.717) is 39.0 Å². The lowest BCUT2D eigenvalue weighted by molar-refractivity contribution is -0.122. The number of aromatic nitrogens is 2. The van der Waals surface area contributed by atoms with Gasteiger partial charge in [-0.05, 0) is 43.3 Å². The Hall–Kier alpha value is -2.93. The minimum Gasteiger partial charge on any atom is -0.374 e. The molecule has 2 aromatic carbocycles. The van der Waals surface area contributed by atoms with Crippen LogP contribution >= 0.6 is 23.2 Å². The Kier molecular flexibility index (Phi) is 6.43. The molecule has 0 aliphatic carbocycles. The zero-order valence-electron chi connectivity index (χ0n) is 18.4. The van der Waals surface area contributed by atoms with E-state index in [1.165, 1.54) is 0 Å². The molecule has 170 valence electrons. The molecular weight excluding hydrogens is 463 g/mol. The van der Waals surface area contributed by atoms with Crippen molar-refractivity contribution in [1.82, 2.24) is 9.13 Å². The molecule has 0 aliphatic heterocycles. The fourth-order valence-corrected chi connectivity index (χ4v) is 4.62. The number of aryl methyl sites for hydroxylation is 2. The largest absolute Gasteiger partial charge is 0.374 e. The van der Waals surface area contributed by atoms with E-state index >= 15 is 0 Å². The van der Waals surface area contributed by atoms with Gasteiger partial charge in [0, 0.05) is 53.2 Å². The average Bonchev–Trinajstić information content (AvgIpc) is 3.06. The molecule has 0 radical (unpaired) electrons. The average molecular weight is 485 g/mol. The number of benzene rings is 2. The normalized spacial score (nSPS) is 11.4. The number of hydrogen-bond donors (Lipinski definition) is 0. The van der Waals surface area contributed by atoms with Crippen molar-refractivity contribution in [2.24, 2.45) is 14.1 Å². The van der Waals surface area contributed by atoms with E-state index < -0.39 is 0 Å². The number of rotatable bonds is 7. The molecule has 33 heavy (non-hydrogen) atoms. The van der Waals surface area contributed by atoms with Crippen LogP contribution in [0.3, 0.4) is 0 Å². The van der Waals surface area contributed by atoms with Gasteiger partial charge in [-0.3, -0.25) is 19.0 Å². The number of carbonyl (C=O) groups is 2. The Morgan fingerprint density at radius 2 is 1.70 bits per heavy atom. The summed E-state index contributed by atoms with van der Waals surface area (Å²) in [6.45, 7) is 2.13. The number of pyridine rings is 1. The first-order valence-electron chi connectivity index (χ1n) is 10.4. The highest BCUT2D eigenvalue weighted by atomic mass is 35.5. The zero-order chi connectivity index (χ0) is 23.9. The molecule has 0 bridgehead atoms. The van der Waals surface area contributed by atoms with Crippen molar-refractivity contribution >= 4 is 56.7 Å². The van der Waals surface area contributed by atoms with Gasteiger partial charge in [-0.2, -0.15) is 0 Å². The molecule has 4 rings (SSSR count). The monoisotopic (exact) mass is 484 g/mol. The summed E-state index contributed by atoms with van der Waals surface area (Å²) in [4.78, 5) is 37.9. The zero-order valence-corrected chi connectivity index (χ0v) is 20.0. The van der Waals surface area contributed by atoms with E-state index in [4.69, 9.17) is 27.9 Å². The van der Waals surface area contributed by atoms with E-state index in [1.54, 1.807) is 54.9 Å². The number of nitrogens with zero attached hydrogens (tertiary/aromatic N) is 2. The van der Waals surface area contributed by atoms with Crippen LogP contribution in [0.25, 0.3) is 33.1 Å².